The van der Waals surface area contributed by atoms with Crippen molar-refractivity contribution < 1.29 is 103 Å². The van der Waals surface area contributed by atoms with Crippen LogP contribution in [0.25, 0.3) is 0 Å². The molecule has 12 nitrogen and oxygen atoms in total. The van der Waals surface area contributed by atoms with E-state index in [0.717, 1.165) is 0 Å². The Balaban J connectivity index is 7.45. The molecule has 33 heavy (non-hydrogen) atoms. The minimum absolute atomic E-state index is 2.13. The van der Waals surface area contributed by atoms with Crippen molar-refractivity contribution in [2.24, 2.45) is 0 Å². The zero-order valence-corrected chi connectivity index (χ0v) is 16.8. The molecule has 0 N–H and O–H groups in total. The number of alkyl halides is 12. The van der Waals surface area contributed by atoms with Gasteiger partial charge in [-0.3, -0.25) is 0 Å². The second kappa shape index (κ2) is 8.48. The second-order valence-corrected chi connectivity index (χ2v) is 10.6. The highest BCUT2D eigenvalue weighted by Gasteiger charge is 2.68. The van der Waals surface area contributed by atoms with Crippen molar-refractivity contribution >= 4 is 40.5 Å². The summed E-state index contributed by atoms with van der Waals surface area (Å²) in [4.78, 5) is 0. The van der Waals surface area contributed by atoms with E-state index >= 15 is 0 Å². The van der Waals surface area contributed by atoms with E-state index < -0.39 is 68.7 Å². The predicted octanol–water partition coefficient (Wildman–Crippen LogP) is 1.06. The molecule has 0 unspecified atom stereocenters. The van der Waals surface area contributed by atoms with Crippen LogP contribution in [0.5, 0.6) is 0 Å². The summed E-state index contributed by atoms with van der Waals surface area (Å²) >= 11 is 0. The van der Waals surface area contributed by atoms with E-state index in [1.54, 1.807) is 0 Å². The Kier molecular flexibility index (Phi) is 8.17. The normalized spacial score (nSPS) is 16.1. The summed E-state index contributed by atoms with van der Waals surface area (Å²) in [5, 5.41) is 0. The Morgan fingerprint density at radius 2 is 0.455 bits per heavy atom. The second-order valence-electron chi connectivity index (χ2n) is 4.43. The van der Waals surface area contributed by atoms with Gasteiger partial charge in [0.05, 0.1) is 0 Å². The molecule has 0 saturated carbocycles. The first-order valence-electron chi connectivity index (χ1n) is 5.90. The van der Waals surface area contributed by atoms with Crippen molar-refractivity contribution in [2.45, 2.75) is 28.2 Å². The van der Waals surface area contributed by atoms with Gasteiger partial charge in [0.25, 0.3) is 0 Å². The van der Waals surface area contributed by atoms with Crippen LogP contribution in [0.3, 0.4) is 0 Å². The van der Waals surface area contributed by atoms with Crippen LogP contribution in [0.2, 0.25) is 0 Å². The zero-order chi connectivity index (χ0) is 27.3. The summed E-state index contributed by atoms with van der Waals surface area (Å²) in [7, 11) is -32.3. The van der Waals surface area contributed by atoms with Crippen LogP contribution in [-0.4, -0.2) is 61.9 Å². The lowest BCUT2D eigenvalue weighted by Crippen LogP contribution is -2.54. The van der Waals surface area contributed by atoms with Gasteiger partial charge in [0.15, 0.2) is 0 Å². The van der Waals surface area contributed by atoms with Crippen LogP contribution in [0.1, 0.15) is 0 Å². The number of halogens is 12. The van der Waals surface area contributed by atoms with Crippen molar-refractivity contribution in [3.8, 4) is 0 Å². The first-order valence-corrected chi connectivity index (χ1v) is 11.5. The number of rotatable bonds is 8. The Morgan fingerprint density at radius 3 is 0.545 bits per heavy atom. The van der Waals surface area contributed by atoms with Crippen LogP contribution in [-0.2, 0) is 57.2 Å². The Labute approximate surface area is 172 Å². The smallest absolute Gasteiger partial charge is 0.189 e. The van der Waals surface area contributed by atoms with Gasteiger partial charge in [0, 0.05) is 0 Å². The molecule has 0 spiro atoms. The average Bonchev–Trinajstić information content (AvgIpc) is 2.38. The van der Waals surface area contributed by atoms with Gasteiger partial charge >= 0.3 is 68.7 Å². The summed E-state index contributed by atoms with van der Waals surface area (Å²) in [5.41, 5.74) is -28.6. The number of hydrogen-bond donors (Lipinski definition) is 0. The van der Waals surface area contributed by atoms with Gasteiger partial charge in [-0.25, -0.2) is 0 Å². The quantitative estimate of drug-likeness (QED) is 0.166. The first kappa shape index (κ1) is 31.8. The lowest BCUT2D eigenvalue weighted by atomic mass is 11.2. The summed E-state index contributed by atoms with van der Waals surface area (Å²) in [6.07, 6.45) is -6.97. The molecule has 0 saturated heterocycles. The van der Waals surface area contributed by atoms with Crippen LogP contribution in [0.4, 0.5) is 52.7 Å². The highest BCUT2D eigenvalue weighted by Crippen LogP contribution is 2.41. The predicted molar refractivity (Wildman–Crippen MR) is 67.0 cm³/mol. The van der Waals surface area contributed by atoms with Crippen molar-refractivity contribution in [1.82, 2.24) is 0 Å². The molecule has 0 fully saturated rings. The van der Waals surface area contributed by atoms with E-state index in [0.29, 0.717) is 0 Å². The lowest BCUT2D eigenvalue weighted by molar-refractivity contribution is -0.370. The molecule has 0 rings (SSSR count). The molecule has 0 heterocycles. The molecule has 0 aliphatic heterocycles. The van der Waals surface area contributed by atoms with Gasteiger partial charge in [-0.05, 0) is 0 Å². The van der Waals surface area contributed by atoms with Crippen LogP contribution in [0.15, 0.2) is 0 Å². The Bertz CT molecular complexity index is 960. The molecular formula is C5F12O12S4. The topological polar surface area (TPSA) is 173 Å². The third kappa shape index (κ3) is 7.39. The maximum Gasteiger partial charge on any atom is 0.523 e. The molecule has 0 atom stereocenters. The zero-order valence-electron chi connectivity index (χ0n) is 13.6. The summed E-state index contributed by atoms with van der Waals surface area (Å²) in [6.45, 7) is 0. The highest BCUT2D eigenvalue weighted by atomic mass is 32.2. The summed E-state index contributed by atoms with van der Waals surface area (Å²) in [5.74, 6) is 0. The summed E-state index contributed by atoms with van der Waals surface area (Å²) in [6, 6.07) is 0. The van der Waals surface area contributed by atoms with Gasteiger partial charge in [-0.1, -0.05) is 0 Å². The summed E-state index contributed by atoms with van der Waals surface area (Å²) < 4.78 is 244. The Morgan fingerprint density at radius 1 is 0.333 bits per heavy atom. The minimum atomic E-state index is -8.08. The van der Waals surface area contributed by atoms with Crippen LogP contribution in [0, 0.1) is 0 Å². The molecule has 28 heteroatoms. The molecule has 200 valence electrons. The molecule has 0 aromatic carbocycles. The molecule has 0 radical (unpaired) electrons. The molecule has 0 aliphatic carbocycles. The van der Waals surface area contributed by atoms with Crippen LogP contribution >= 0.6 is 0 Å². The van der Waals surface area contributed by atoms with E-state index in [1.807, 2.05) is 0 Å². The minimum Gasteiger partial charge on any atom is -0.189 e. The molecular weight excluding hydrogens is 608 g/mol. The SMILES string of the molecule is O=S(=O)(OC(OS(=O)(=O)C(F)(F)F)(OS(=O)(=O)C(F)(F)F)OS(=O)(=O)C(F)(F)F)C(F)(F)F. The molecule has 0 aromatic heterocycles. The Hall–Kier alpha value is -1.20. The van der Waals surface area contributed by atoms with Crippen molar-refractivity contribution in [3.63, 3.8) is 0 Å². The maximum absolute atomic E-state index is 12.4. The first-order chi connectivity index (χ1) is 13.8. The van der Waals surface area contributed by atoms with Crippen LogP contribution < -0.4 is 0 Å². The van der Waals surface area contributed by atoms with E-state index in [-0.39, 0.29) is 0 Å². The highest BCUT2D eigenvalue weighted by molar-refractivity contribution is 7.89. The van der Waals surface area contributed by atoms with Crippen molar-refractivity contribution in [2.75, 3.05) is 0 Å². The monoisotopic (exact) mass is 608 g/mol. The third-order valence-electron chi connectivity index (χ3n) is 1.98. The van der Waals surface area contributed by atoms with Gasteiger partial charge < -0.3 is 0 Å². The average molecular weight is 608 g/mol. The van der Waals surface area contributed by atoms with Gasteiger partial charge in [-0.2, -0.15) is 103 Å². The van der Waals surface area contributed by atoms with E-state index in [2.05, 4.69) is 16.7 Å². The van der Waals surface area contributed by atoms with Gasteiger partial charge in [0.2, 0.25) is 0 Å². The third-order valence-corrected chi connectivity index (χ3v) is 5.94. The maximum atomic E-state index is 12.4. The number of hydrogen-bond acceptors (Lipinski definition) is 12. The molecule has 0 aliphatic rings. The van der Waals surface area contributed by atoms with E-state index in [1.165, 1.54) is 0 Å². The largest absolute Gasteiger partial charge is 0.523 e. The van der Waals surface area contributed by atoms with E-state index in [9.17, 15) is 86.4 Å². The molecule has 0 bridgehead atoms. The fourth-order valence-corrected chi connectivity index (χ4v) is 2.93. The van der Waals surface area contributed by atoms with Gasteiger partial charge in [-0.15, -0.1) is 0 Å². The standard InChI is InChI=1S/C5F12O12S4/c6-1(7,8)30(18,19)26-5(27-31(20,21)2(9,10)11,28-32(22,23)3(12,13)14)29-33(24,25)4(15,16)17. The van der Waals surface area contributed by atoms with E-state index in [4.69, 9.17) is 0 Å². The van der Waals surface area contributed by atoms with Crippen molar-refractivity contribution in [1.29, 1.82) is 0 Å². The van der Waals surface area contributed by atoms with Gasteiger partial charge in [0.1, 0.15) is 0 Å². The molecule has 0 amide bonds. The van der Waals surface area contributed by atoms with Crippen molar-refractivity contribution in [3.05, 3.63) is 0 Å². The fraction of sp³-hybridized carbons (Fsp3) is 1.00. The molecule has 0 aromatic rings. The lowest BCUT2D eigenvalue weighted by Gasteiger charge is -2.29. The fourth-order valence-electron chi connectivity index (χ4n) is 0.810.